The summed E-state index contributed by atoms with van der Waals surface area (Å²) < 4.78 is 43.5. The van der Waals surface area contributed by atoms with Crippen LogP contribution in [0.4, 0.5) is 13.2 Å². The summed E-state index contributed by atoms with van der Waals surface area (Å²) in [6.45, 7) is 2.57. The third kappa shape index (κ3) is 5.40. The van der Waals surface area contributed by atoms with Crippen molar-refractivity contribution < 1.29 is 17.9 Å². The Labute approximate surface area is 119 Å². The smallest absolute Gasteiger partial charge is 0.390 e. The van der Waals surface area contributed by atoms with Gasteiger partial charge in [0.15, 0.2) is 0 Å². The molecule has 0 spiro atoms. The van der Waals surface area contributed by atoms with Crippen LogP contribution in [0.2, 0.25) is 0 Å². The van der Waals surface area contributed by atoms with Crippen LogP contribution in [0.1, 0.15) is 31.4 Å². The van der Waals surface area contributed by atoms with E-state index in [1.165, 1.54) is 7.05 Å². The van der Waals surface area contributed by atoms with E-state index < -0.39 is 18.6 Å². The second-order valence-corrected chi connectivity index (χ2v) is 5.05. The summed E-state index contributed by atoms with van der Waals surface area (Å²) in [5.74, 6) is 0.646. The Hall–Kier alpha value is -0.750. The maximum atomic E-state index is 12.4. The van der Waals surface area contributed by atoms with Crippen LogP contribution < -0.4 is 10.1 Å². The first-order valence-electron chi connectivity index (χ1n) is 6.03. The highest BCUT2D eigenvalue weighted by atomic mass is 79.9. The lowest BCUT2D eigenvalue weighted by Crippen LogP contribution is -2.23. The summed E-state index contributed by atoms with van der Waals surface area (Å²) in [6, 6.07) is 4.26. The van der Waals surface area contributed by atoms with E-state index in [4.69, 9.17) is 4.74 Å². The van der Waals surface area contributed by atoms with E-state index >= 15 is 0 Å². The molecule has 0 aromatic heterocycles. The summed E-state index contributed by atoms with van der Waals surface area (Å²) in [5, 5.41) is 2.68. The van der Waals surface area contributed by atoms with E-state index in [1.54, 1.807) is 18.2 Å². The van der Waals surface area contributed by atoms with Gasteiger partial charge >= 0.3 is 6.18 Å². The first kappa shape index (κ1) is 16.3. The molecule has 0 saturated heterocycles. The molecule has 0 amide bonds. The van der Waals surface area contributed by atoms with Gasteiger partial charge in [-0.05, 0) is 47.1 Å². The highest BCUT2D eigenvalue weighted by Gasteiger charge is 2.32. The fourth-order valence-electron chi connectivity index (χ4n) is 1.68. The lowest BCUT2D eigenvalue weighted by atomic mass is 10.0. The normalized spacial score (nSPS) is 13.4. The van der Waals surface area contributed by atoms with Crippen molar-refractivity contribution in [3.8, 4) is 5.75 Å². The minimum atomic E-state index is -4.20. The molecule has 19 heavy (non-hydrogen) atoms. The quantitative estimate of drug-likeness (QED) is 0.826. The molecule has 0 aliphatic heterocycles. The zero-order valence-corrected chi connectivity index (χ0v) is 12.4. The zero-order valence-electron chi connectivity index (χ0n) is 10.9. The van der Waals surface area contributed by atoms with Gasteiger partial charge in [-0.2, -0.15) is 13.2 Å². The van der Waals surface area contributed by atoms with Gasteiger partial charge in [0.25, 0.3) is 0 Å². The summed E-state index contributed by atoms with van der Waals surface area (Å²) in [5.41, 5.74) is 0.579. The molecule has 0 saturated carbocycles. The molecule has 0 fully saturated rings. The van der Waals surface area contributed by atoms with Gasteiger partial charge in [0.1, 0.15) is 5.75 Å². The van der Waals surface area contributed by atoms with Gasteiger partial charge in [-0.3, -0.25) is 0 Å². The maximum Gasteiger partial charge on any atom is 0.390 e. The van der Waals surface area contributed by atoms with Crippen LogP contribution in [0.3, 0.4) is 0 Å². The highest BCUT2D eigenvalue weighted by molar-refractivity contribution is 9.10. The van der Waals surface area contributed by atoms with E-state index in [9.17, 15) is 13.2 Å². The van der Waals surface area contributed by atoms with Crippen LogP contribution in [0, 0.1) is 0 Å². The largest absolute Gasteiger partial charge is 0.492 e. The van der Waals surface area contributed by atoms with Crippen LogP contribution in [0.25, 0.3) is 0 Å². The van der Waals surface area contributed by atoms with Crippen molar-refractivity contribution in [2.45, 2.75) is 32.0 Å². The lowest BCUT2D eigenvalue weighted by molar-refractivity contribution is -0.140. The molecule has 1 N–H and O–H groups in total. The van der Waals surface area contributed by atoms with Gasteiger partial charge in [0, 0.05) is 6.04 Å². The van der Waals surface area contributed by atoms with Crippen molar-refractivity contribution >= 4 is 15.9 Å². The third-order valence-corrected chi connectivity index (χ3v) is 3.22. The fourth-order valence-corrected chi connectivity index (χ4v) is 2.19. The summed E-state index contributed by atoms with van der Waals surface area (Å²) in [4.78, 5) is 0. The standard InChI is InChI=1S/C13H17BrF3NO/c1-3-6-19-12-5-4-9(7-10(12)14)11(18-2)8-13(15,16)17/h4-5,7,11,18H,3,6,8H2,1-2H3. The van der Waals surface area contributed by atoms with Crippen molar-refractivity contribution in [2.24, 2.45) is 0 Å². The fraction of sp³-hybridized carbons (Fsp3) is 0.538. The van der Waals surface area contributed by atoms with Gasteiger partial charge in [0.05, 0.1) is 17.5 Å². The molecule has 0 radical (unpaired) electrons. The number of hydrogen-bond donors (Lipinski definition) is 1. The van der Waals surface area contributed by atoms with Crippen molar-refractivity contribution in [3.63, 3.8) is 0 Å². The van der Waals surface area contributed by atoms with Gasteiger partial charge in [-0.1, -0.05) is 13.0 Å². The van der Waals surface area contributed by atoms with E-state index in [-0.39, 0.29) is 0 Å². The van der Waals surface area contributed by atoms with Crippen molar-refractivity contribution in [1.29, 1.82) is 0 Å². The molecule has 2 nitrogen and oxygen atoms in total. The minimum absolute atomic E-state index is 0.579. The van der Waals surface area contributed by atoms with E-state index in [0.717, 1.165) is 6.42 Å². The van der Waals surface area contributed by atoms with Crippen LogP contribution in [-0.4, -0.2) is 19.8 Å². The van der Waals surface area contributed by atoms with Crippen LogP contribution >= 0.6 is 15.9 Å². The lowest BCUT2D eigenvalue weighted by Gasteiger charge is -2.19. The van der Waals surface area contributed by atoms with E-state index in [0.29, 0.717) is 22.4 Å². The highest BCUT2D eigenvalue weighted by Crippen LogP contribution is 2.33. The molecular formula is C13H17BrF3NO. The average Bonchev–Trinajstić information content (AvgIpc) is 2.33. The predicted octanol–water partition coefficient (Wildman–Crippen LogP) is 4.45. The number of benzene rings is 1. The Balaban J connectivity index is 2.85. The van der Waals surface area contributed by atoms with Gasteiger partial charge < -0.3 is 10.1 Å². The van der Waals surface area contributed by atoms with Crippen LogP contribution in [0.15, 0.2) is 22.7 Å². The molecule has 0 aliphatic carbocycles. The number of hydrogen-bond acceptors (Lipinski definition) is 2. The summed E-state index contributed by atoms with van der Waals surface area (Å²) in [6.07, 6.45) is -4.22. The maximum absolute atomic E-state index is 12.4. The van der Waals surface area contributed by atoms with Gasteiger partial charge in [0.2, 0.25) is 0 Å². The monoisotopic (exact) mass is 339 g/mol. The molecule has 1 rings (SSSR count). The Bertz CT molecular complexity index is 409. The Morgan fingerprint density at radius 3 is 2.53 bits per heavy atom. The molecular weight excluding hydrogens is 323 g/mol. The Morgan fingerprint density at radius 2 is 2.05 bits per heavy atom. The Morgan fingerprint density at radius 1 is 1.37 bits per heavy atom. The molecule has 1 aromatic carbocycles. The second-order valence-electron chi connectivity index (χ2n) is 4.20. The molecule has 0 heterocycles. The number of halogens is 4. The molecule has 1 aromatic rings. The molecule has 6 heteroatoms. The Kier molecular flexibility index (Phi) is 6.13. The predicted molar refractivity (Wildman–Crippen MR) is 72.4 cm³/mol. The van der Waals surface area contributed by atoms with E-state index in [2.05, 4.69) is 21.2 Å². The van der Waals surface area contributed by atoms with Gasteiger partial charge in [-0.15, -0.1) is 0 Å². The SMILES string of the molecule is CCCOc1ccc(C(CC(F)(F)F)NC)cc1Br. The second kappa shape index (κ2) is 7.14. The van der Waals surface area contributed by atoms with Gasteiger partial charge in [-0.25, -0.2) is 0 Å². The van der Waals surface area contributed by atoms with Crippen LogP contribution in [0.5, 0.6) is 5.75 Å². The zero-order chi connectivity index (χ0) is 14.5. The first-order valence-corrected chi connectivity index (χ1v) is 6.83. The van der Waals surface area contributed by atoms with Crippen molar-refractivity contribution in [2.75, 3.05) is 13.7 Å². The van der Waals surface area contributed by atoms with Crippen LogP contribution in [-0.2, 0) is 0 Å². The van der Waals surface area contributed by atoms with Crippen molar-refractivity contribution in [1.82, 2.24) is 5.32 Å². The molecule has 0 bridgehead atoms. The molecule has 1 unspecified atom stereocenters. The molecule has 108 valence electrons. The number of nitrogens with one attached hydrogen (secondary N) is 1. The first-order chi connectivity index (χ1) is 8.87. The number of ether oxygens (including phenoxy) is 1. The summed E-state index contributed by atoms with van der Waals surface area (Å²) >= 11 is 3.32. The van der Waals surface area contributed by atoms with E-state index in [1.807, 2.05) is 6.92 Å². The minimum Gasteiger partial charge on any atom is -0.492 e. The third-order valence-electron chi connectivity index (χ3n) is 2.60. The van der Waals surface area contributed by atoms with Crippen molar-refractivity contribution in [3.05, 3.63) is 28.2 Å². The molecule has 0 aliphatic rings. The number of rotatable bonds is 6. The average molecular weight is 340 g/mol. The molecule has 1 atom stereocenters. The summed E-state index contributed by atoms with van der Waals surface area (Å²) in [7, 11) is 1.52. The topological polar surface area (TPSA) is 21.3 Å². The number of alkyl halides is 3.